The first-order chi connectivity index (χ1) is 14.7. The number of nitrogens with zero attached hydrogens (tertiary/aromatic N) is 1. The Labute approximate surface area is 182 Å². The maximum atomic E-state index is 12.8. The number of carbonyl (C=O) groups is 2. The zero-order valence-electron chi connectivity index (χ0n) is 17.3. The van der Waals surface area contributed by atoms with Gasteiger partial charge in [0.25, 0.3) is 0 Å². The molecular weight excluding hydrogens is 418 g/mol. The van der Waals surface area contributed by atoms with Crippen molar-refractivity contribution in [3.8, 4) is 0 Å². The highest BCUT2D eigenvalue weighted by atomic mass is 32.2. The zero-order valence-corrected chi connectivity index (χ0v) is 18.1. The molecule has 0 saturated carbocycles. The number of nitrogens with one attached hydrogen (secondary N) is 2. The van der Waals surface area contributed by atoms with Gasteiger partial charge in [0, 0.05) is 20.1 Å². The molecule has 0 heterocycles. The van der Waals surface area contributed by atoms with Crippen molar-refractivity contribution >= 4 is 22.0 Å². The summed E-state index contributed by atoms with van der Waals surface area (Å²) in [5.74, 6) is -0.305. The molecule has 2 aromatic rings. The van der Waals surface area contributed by atoms with Crippen molar-refractivity contribution in [2.45, 2.75) is 23.8 Å². The van der Waals surface area contributed by atoms with Crippen LogP contribution in [0.1, 0.15) is 23.6 Å². The topological polar surface area (TPSA) is 116 Å². The average Bonchev–Trinajstić information content (AvgIpc) is 2.76. The summed E-state index contributed by atoms with van der Waals surface area (Å²) in [6.07, 6.45) is 0.901. The average molecular weight is 446 g/mol. The van der Waals surface area contributed by atoms with Crippen molar-refractivity contribution < 1.29 is 23.1 Å². The quantitative estimate of drug-likeness (QED) is 0.363. The number of benzene rings is 2. The Morgan fingerprint density at radius 3 is 2.35 bits per heavy atom. The molecule has 0 bridgehead atoms. The predicted molar refractivity (Wildman–Crippen MR) is 118 cm³/mol. The highest BCUT2D eigenvalue weighted by Crippen LogP contribution is 2.22. The van der Waals surface area contributed by atoms with Gasteiger partial charge in [-0.3, -0.25) is 4.79 Å². The third-order valence-corrected chi connectivity index (χ3v) is 6.58. The lowest BCUT2D eigenvalue weighted by Gasteiger charge is -2.20. The SMILES string of the molecule is C=CC(=O)NCCCN(C)S(=O)(=O)c1ccc(C(Cc2ccccc2)NC(=O)O)cc1. The minimum absolute atomic E-state index is 0.114. The van der Waals surface area contributed by atoms with Crippen LogP contribution in [0, 0.1) is 0 Å². The first kappa shape index (κ1) is 24.1. The summed E-state index contributed by atoms with van der Waals surface area (Å²) in [5.41, 5.74) is 1.63. The van der Waals surface area contributed by atoms with E-state index in [0.29, 0.717) is 24.9 Å². The third-order valence-electron chi connectivity index (χ3n) is 4.71. The van der Waals surface area contributed by atoms with Crippen LogP contribution in [0.2, 0.25) is 0 Å². The van der Waals surface area contributed by atoms with E-state index in [0.717, 1.165) is 11.6 Å². The number of carbonyl (C=O) groups excluding carboxylic acids is 1. The molecule has 2 amide bonds. The Hall–Kier alpha value is -3.17. The molecule has 0 aromatic heterocycles. The molecule has 2 rings (SSSR count). The minimum atomic E-state index is -3.71. The van der Waals surface area contributed by atoms with Crippen LogP contribution in [-0.4, -0.2) is 50.0 Å². The molecular formula is C22H27N3O5S. The first-order valence-electron chi connectivity index (χ1n) is 9.74. The van der Waals surface area contributed by atoms with Gasteiger partial charge in [-0.15, -0.1) is 0 Å². The monoisotopic (exact) mass is 445 g/mol. The minimum Gasteiger partial charge on any atom is -0.465 e. The predicted octanol–water partition coefficient (Wildman–Crippen LogP) is 2.55. The maximum Gasteiger partial charge on any atom is 0.405 e. The van der Waals surface area contributed by atoms with Crippen LogP contribution in [0.4, 0.5) is 4.79 Å². The van der Waals surface area contributed by atoms with Crippen LogP contribution in [0.25, 0.3) is 0 Å². The highest BCUT2D eigenvalue weighted by molar-refractivity contribution is 7.89. The molecule has 0 fully saturated rings. The summed E-state index contributed by atoms with van der Waals surface area (Å²) < 4.78 is 26.8. The molecule has 0 radical (unpaired) electrons. The van der Waals surface area contributed by atoms with Gasteiger partial charge in [-0.2, -0.15) is 0 Å². The number of sulfonamides is 1. The second-order valence-electron chi connectivity index (χ2n) is 6.94. The molecule has 9 heteroatoms. The summed E-state index contributed by atoms with van der Waals surface area (Å²) in [6, 6.07) is 15.1. The van der Waals surface area contributed by atoms with E-state index in [4.69, 9.17) is 0 Å². The largest absolute Gasteiger partial charge is 0.465 e. The third kappa shape index (κ3) is 7.23. The molecule has 3 N–H and O–H groups in total. The summed E-state index contributed by atoms with van der Waals surface area (Å²) in [6.45, 7) is 3.93. The number of hydrogen-bond acceptors (Lipinski definition) is 4. The van der Waals surface area contributed by atoms with E-state index in [1.807, 2.05) is 30.3 Å². The Morgan fingerprint density at radius 2 is 1.77 bits per heavy atom. The molecule has 2 aromatic carbocycles. The molecule has 0 aliphatic rings. The van der Waals surface area contributed by atoms with Crippen molar-refractivity contribution in [1.29, 1.82) is 0 Å². The normalized spacial score (nSPS) is 12.2. The van der Waals surface area contributed by atoms with Gasteiger partial charge in [0.2, 0.25) is 15.9 Å². The fourth-order valence-corrected chi connectivity index (χ4v) is 4.22. The Morgan fingerprint density at radius 1 is 1.13 bits per heavy atom. The summed E-state index contributed by atoms with van der Waals surface area (Å²) in [7, 11) is -2.23. The van der Waals surface area contributed by atoms with E-state index in [2.05, 4.69) is 17.2 Å². The van der Waals surface area contributed by atoms with Crippen LogP contribution in [0.5, 0.6) is 0 Å². The number of hydrogen-bond donors (Lipinski definition) is 3. The Balaban J connectivity index is 2.08. The van der Waals surface area contributed by atoms with E-state index in [9.17, 15) is 23.1 Å². The Kier molecular flexibility index (Phi) is 8.77. The molecule has 1 unspecified atom stereocenters. The molecule has 0 aliphatic heterocycles. The highest BCUT2D eigenvalue weighted by Gasteiger charge is 2.21. The van der Waals surface area contributed by atoms with Gasteiger partial charge in [-0.25, -0.2) is 17.5 Å². The van der Waals surface area contributed by atoms with Gasteiger partial charge >= 0.3 is 6.09 Å². The fourth-order valence-electron chi connectivity index (χ4n) is 3.01. The zero-order chi connectivity index (χ0) is 22.9. The number of carboxylic acid groups (broad SMARTS) is 1. The lowest BCUT2D eigenvalue weighted by Crippen LogP contribution is -2.31. The van der Waals surface area contributed by atoms with E-state index in [1.165, 1.54) is 23.5 Å². The van der Waals surface area contributed by atoms with Crippen LogP contribution < -0.4 is 10.6 Å². The molecule has 1 atom stereocenters. The molecule has 0 spiro atoms. The fraction of sp³-hybridized carbons (Fsp3) is 0.273. The number of amides is 2. The summed E-state index contributed by atoms with van der Waals surface area (Å²) in [5, 5.41) is 14.3. The second kappa shape index (κ2) is 11.3. The van der Waals surface area contributed by atoms with Crippen LogP contribution in [0.3, 0.4) is 0 Å². The van der Waals surface area contributed by atoms with E-state index in [1.54, 1.807) is 12.1 Å². The van der Waals surface area contributed by atoms with E-state index < -0.39 is 22.2 Å². The van der Waals surface area contributed by atoms with Gasteiger partial charge in [0.1, 0.15) is 0 Å². The van der Waals surface area contributed by atoms with Gasteiger partial charge in [-0.05, 0) is 42.2 Å². The molecule has 0 saturated heterocycles. The lowest BCUT2D eigenvalue weighted by atomic mass is 9.99. The van der Waals surface area contributed by atoms with Crippen LogP contribution in [-0.2, 0) is 21.2 Å². The van der Waals surface area contributed by atoms with Crippen molar-refractivity contribution in [3.05, 3.63) is 78.4 Å². The van der Waals surface area contributed by atoms with Gasteiger partial charge in [-0.1, -0.05) is 49.0 Å². The van der Waals surface area contributed by atoms with Crippen molar-refractivity contribution in [1.82, 2.24) is 14.9 Å². The molecule has 166 valence electrons. The molecule has 0 aliphatic carbocycles. The number of rotatable bonds is 11. The molecule has 8 nitrogen and oxygen atoms in total. The summed E-state index contributed by atoms with van der Waals surface area (Å²) >= 11 is 0. The lowest BCUT2D eigenvalue weighted by molar-refractivity contribution is -0.116. The van der Waals surface area contributed by atoms with E-state index >= 15 is 0 Å². The smallest absolute Gasteiger partial charge is 0.405 e. The van der Waals surface area contributed by atoms with Crippen molar-refractivity contribution in [3.63, 3.8) is 0 Å². The van der Waals surface area contributed by atoms with Crippen LogP contribution >= 0.6 is 0 Å². The first-order valence-corrected chi connectivity index (χ1v) is 11.2. The van der Waals surface area contributed by atoms with Crippen LogP contribution in [0.15, 0.2) is 72.1 Å². The van der Waals surface area contributed by atoms with Crippen molar-refractivity contribution in [2.75, 3.05) is 20.1 Å². The standard InChI is InChI=1S/C22H27N3O5S/c1-3-21(26)23-14-7-15-25(2)31(29,30)19-12-10-18(11-13-19)20(24-22(27)28)16-17-8-5-4-6-9-17/h3-6,8-13,20,24H,1,7,14-16H2,2H3,(H,23,26)(H,27,28). The Bertz CT molecular complexity index is 992. The maximum absolute atomic E-state index is 12.8. The summed E-state index contributed by atoms with van der Waals surface area (Å²) in [4.78, 5) is 22.5. The second-order valence-corrected chi connectivity index (χ2v) is 8.98. The molecule has 31 heavy (non-hydrogen) atoms. The van der Waals surface area contributed by atoms with Gasteiger partial charge < -0.3 is 15.7 Å². The van der Waals surface area contributed by atoms with Gasteiger partial charge in [0.05, 0.1) is 10.9 Å². The van der Waals surface area contributed by atoms with E-state index in [-0.39, 0.29) is 17.3 Å². The van der Waals surface area contributed by atoms with Gasteiger partial charge in [0.15, 0.2) is 0 Å². The van der Waals surface area contributed by atoms with Crippen molar-refractivity contribution in [2.24, 2.45) is 0 Å².